The minimum absolute atomic E-state index is 0.0622. The lowest BCUT2D eigenvalue weighted by Crippen LogP contribution is -2.42. The molecule has 0 fully saturated rings. The quantitative estimate of drug-likeness (QED) is 0.795. The summed E-state index contributed by atoms with van der Waals surface area (Å²) in [6.07, 6.45) is 4.91. The monoisotopic (exact) mass is 229 g/mol. The van der Waals surface area contributed by atoms with E-state index in [1.807, 2.05) is 42.1 Å². The second kappa shape index (κ2) is 5.43. The zero-order chi connectivity index (χ0) is 12.1. The molecule has 0 bridgehead atoms. The van der Waals surface area contributed by atoms with Crippen molar-refractivity contribution < 1.29 is 9.36 Å². The van der Waals surface area contributed by atoms with Crippen LogP contribution in [0, 0.1) is 0 Å². The van der Waals surface area contributed by atoms with Gasteiger partial charge in [0.15, 0.2) is 12.4 Å². The number of rotatable bonds is 4. The molecule has 1 aromatic carbocycles. The first-order valence-corrected chi connectivity index (χ1v) is 5.94. The Bertz CT molecular complexity index is 522. The van der Waals surface area contributed by atoms with Gasteiger partial charge in [-0.05, 0) is 17.9 Å². The van der Waals surface area contributed by atoms with Gasteiger partial charge in [-0.15, -0.1) is 0 Å². The van der Waals surface area contributed by atoms with Crippen LogP contribution < -0.4 is 9.88 Å². The average molecular weight is 229 g/mol. The molecule has 0 spiro atoms. The smallest absolute Gasteiger partial charge is 0.285 e. The summed E-state index contributed by atoms with van der Waals surface area (Å²) in [5.74, 6) is 0.0622. The normalized spacial score (nSPS) is 10.4. The highest BCUT2D eigenvalue weighted by atomic mass is 16.1. The highest BCUT2D eigenvalue weighted by Crippen LogP contribution is 2.09. The van der Waals surface area contributed by atoms with Crippen LogP contribution in [0.3, 0.4) is 0 Å². The van der Waals surface area contributed by atoms with Gasteiger partial charge in [-0.2, -0.15) is 4.57 Å². The van der Waals surface area contributed by atoms with Gasteiger partial charge in [0.2, 0.25) is 6.54 Å². The highest BCUT2D eigenvalue weighted by Gasteiger charge is 2.08. The summed E-state index contributed by atoms with van der Waals surface area (Å²) in [7, 11) is 0. The molecular weight excluding hydrogens is 212 g/mol. The van der Waals surface area contributed by atoms with E-state index in [-0.39, 0.29) is 5.91 Å². The van der Waals surface area contributed by atoms with Crippen molar-refractivity contribution >= 4 is 16.7 Å². The third-order valence-corrected chi connectivity index (χ3v) is 2.64. The van der Waals surface area contributed by atoms with Crippen LogP contribution in [0.1, 0.15) is 13.3 Å². The van der Waals surface area contributed by atoms with E-state index >= 15 is 0 Å². The number of nitrogens with one attached hydrogen (secondary N) is 1. The summed E-state index contributed by atoms with van der Waals surface area (Å²) in [4.78, 5) is 11.6. The topological polar surface area (TPSA) is 33.0 Å². The average Bonchev–Trinajstić information content (AvgIpc) is 2.36. The number of pyridine rings is 1. The molecule has 2 aromatic rings. The first-order chi connectivity index (χ1) is 8.29. The van der Waals surface area contributed by atoms with Crippen molar-refractivity contribution in [2.75, 3.05) is 6.54 Å². The van der Waals surface area contributed by atoms with Crippen LogP contribution in [0.4, 0.5) is 0 Å². The molecule has 88 valence electrons. The van der Waals surface area contributed by atoms with Gasteiger partial charge < -0.3 is 5.32 Å². The van der Waals surface area contributed by atoms with Crippen LogP contribution >= 0.6 is 0 Å². The van der Waals surface area contributed by atoms with E-state index in [9.17, 15) is 4.79 Å². The number of nitrogens with zero attached hydrogens (tertiary/aromatic N) is 1. The van der Waals surface area contributed by atoms with Crippen molar-refractivity contribution in [3.05, 3.63) is 42.7 Å². The van der Waals surface area contributed by atoms with E-state index in [1.54, 1.807) is 0 Å². The van der Waals surface area contributed by atoms with Gasteiger partial charge in [-0.25, -0.2) is 0 Å². The third kappa shape index (κ3) is 3.03. The van der Waals surface area contributed by atoms with Crippen LogP contribution in [-0.2, 0) is 11.3 Å². The first kappa shape index (κ1) is 11.6. The lowest BCUT2D eigenvalue weighted by molar-refractivity contribution is -0.683. The molecule has 0 aliphatic rings. The Morgan fingerprint density at radius 3 is 2.76 bits per heavy atom. The molecule has 0 saturated heterocycles. The first-order valence-electron chi connectivity index (χ1n) is 5.94. The molecule has 1 N–H and O–H groups in total. The molecule has 17 heavy (non-hydrogen) atoms. The summed E-state index contributed by atoms with van der Waals surface area (Å²) in [6.45, 7) is 3.17. The minimum Gasteiger partial charge on any atom is -0.351 e. The third-order valence-electron chi connectivity index (χ3n) is 2.64. The summed E-state index contributed by atoms with van der Waals surface area (Å²) >= 11 is 0. The zero-order valence-corrected chi connectivity index (χ0v) is 10.0. The van der Waals surface area contributed by atoms with Gasteiger partial charge in [0, 0.05) is 18.0 Å². The Labute approximate surface area is 101 Å². The molecule has 1 amide bonds. The van der Waals surface area contributed by atoms with Crippen molar-refractivity contribution in [1.29, 1.82) is 0 Å². The molecule has 0 aliphatic heterocycles. The molecule has 3 heteroatoms. The SMILES string of the molecule is CCCNC(=O)C[n+]1ccc2ccccc2c1. The van der Waals surface area contributed by atoms with Gasteiger partial charge in [0.25, 0.3) is 5.91 Å². The molecule has 0 radical (unpaired) electrons. The maximum atomic E-state index is 11.6. The maximum absolute atomic E-state index is 11.6. The van der Waals surface area contributed by atoms with Crippen LogP contribution in [0.15, 0.2) is 42.7 Å². The number of fused-ring (bicyclic) bond motifs is 1. The number of carbonyl (C=O) groups excluding carboxylic acids is 1. The molecule has 1 aromatic heterocycles. The van der Waals surface area contributed by atoms with E-state index in [0.717, 1.165) is 18.4 Å². The van der Waals surface area contributed by atoms with Crippen molar-refractivity contribution in [2.45, 2.75) is 19.9 Å². The van der Waals surface area contributed by atoms with Crippen LogP contribution in [-0.4, -0.2) is 12.5 Å². The Balaban J connectivity index is 2.11. The number of hydrogen-bond acceptors (Lipinski definition) is 1. The second-order valence-corrected chi connectivity index (χ2v) is 4.10. The molecule has 1 heterocycles. The number of amides is 1. The Morgan fingerprint density at radius 2 is 2.00 bits per heavy atom. The predicted molar refractivity (Wildman–Crippen MR) is 67.4 cm³/mol. The zero-order valence-electron chi connectivity index (χ0n) is 10.0. The molecular formula is C14H17N2O+. The fourth-order valence-electron chi connectivity index (χ4n) is 1.76. The Morgan fingerprint density at radius 1 is 1.24 bits per heavy atom. The van der Waals surface area contributed by atoms with E-state index < -0.39 is 0 Å². The molecule has 2 rings (SSSR count). The Hall–Kier alpha value is -1.90. The van der Waals surface area contributed by atoms with E-state index in [2.05, 4.69) is 17.4 Å². The summed E-state index contributed by atoms with van der Waals surface area (Å²) in [5.41, 5.74) is 0. The van der Waals surface area contributed by atoms with Crippen LogP contribution in [0.5, 0.6) is 0 Å². The van der Waals surface area contributed by atoms with Crippen LogP contribution in [0.2, 0.25) is 0 Å². The van der Waals surface area contributed by atoms with E-state index in [1.165, 1.54) is 5.39 Å². The maximum Gasteiger partial charge on any atom is 0.285 e. The molecule has 0 atom stereocenters. The van der Waals surface area contributed by atoms with Gasteiger partial charge in [0.05, 0.1) is 0 Å². The molecule has 3 nitrogen and oxygen atoms in total. The standard InChI is InChI=1S/C14H16N2O/c1-2-8-15-14(17)11-16-9-7-12-5-3-4-6-13(12)10-16/h3-7,9-10H,2,8,11H2,1H3/p+1. The van der Waals surface area contributed by atoms with Gasteiger partial charge >= 0.3 is 0 Å². The van der Waals surface area contributed by atoms with Crippen molar-refractivity contribution in [3.63, 3.8) is 0 Å². The minimum atomic E-state index is 0.0622. The van der Waals surface area contributed by atoms with Crippen molar-refractivity contribution in [2.24, 2.45) is 0 Å². The van der Waals surface area contributed by atoms with Gasteiger partial charge in [-0.1, -0.05) is 25.1 Å². The fraction of sp³-hybridized carbons (Fsp3) is 0.286. The summed E-state index contributed by atoms with van der Waals surface area (Å²) in [5, 5.41) is 5.21. The summed E-state index contributed by atoms with van der Waals surface area (Å²) < 4.78 is 1.91. The van der Waals surface area contributed by atoms with Crippen molar-refractivity contribution in [1.82, 2.24) is 5.32 Å². The predicted octanol–water partition coefficient (Wildman–Crippen LogP) is 1.65. The molecule has 0 aliphatic carbocycles. The van der Waals surface area contributed by atoms with Crippen LogP contribution in [0.25, 0.3) is 10.8 Å². The number of carbonyl (C=O) groups is 1. The summed E-state index contributed by atoms with van der Waals surface area (Å²) in [6, 6.07) is 10.2. The largest absolute Gasteiger partial charge is 0.351 e. The molecule has 0 saturated carbocycles. The van der Waals surface area contributed by atoms with Gasteiger partial charge in [-0.3, -0.25) is 4.79 Å². The Kier molecular flexibility index (Phi) is 3.70. The highest BCUT2D eigenvalue weighted by molar-refractivity contribution is 5.80. The van der Waals surface area contributed by atoms with Crippen molar-refractivity contribution in [3.8, 4) is 0 Å². The number of hydrogen-bond donors (Lipinski definition) is 1. The van der Waals surface area contributed by atoms with Gasteiger partial charge in [0.1, 0.15) is 0 Å². The van der Waals surface area contributed by atoms with E-state index in [4.69, 9.17) is 0 Å². The fourth-order valence-corrected chi connectivity index (χ4v) is 1.76. The lowest BCUT2D eigenvalue weighted by atomic mass is 10.2. The number of aromatic nitrogens is 1. The number of benzene rings is 1. The second-order valence-electron chi connectivity index (χ2n) is 4.10. The molecule has 0 unspecified atom stereocenters. The lowest BCUT2D eigenvalue weighted by Gasteiger charge is -2.01. The van der Waals surface area contributed by atoms with E-state index in [0.29, 0.717) is 6.54 Å².